The Morgan fingerprint density at radius 1 is 1.62 bits per heavy atom. The fourth-order valence-corrected chi connectivity index (χ4v) is 2.91. The molecule has 3 saturated carbocycles. The Balaban J connectivity index is 2.32. The molecule has 3 heteroatoms. The van der Waals surface area contributed by atoms with E-state index in [0.717, 1.165) is 19.1 Å². The van der Waals surface area contributed by atoms with E-state index in [2.05, 4.69) is 18.6 Å². The first-order valence-electron chi connectivity index (χ1n) is 4.77. The molecule has 0 aromatic carbocycles. The van der Waals surface area contributed by atoms with Gasteiger partial charge in [0, 0.05) is 6.42 Å². The van der Waals surface area contributed by atoms with Gasteiger partial charge in [-0.3, -0.25) is 0 Å². The zero-order chi connectivity index (χ0) is 9.64. The van der Waals surface area contributed by atoms with E-state index in [1.165, 1.54) is 0 Å². The Morgan fingerprint density at radius 2 is 2.31 bits per heavy atom. The number of hydrogen-bond donors (Lipinski definition) is 0. The smallest absolute Gasteiger partial charge is 0.279 e. The number of carbonyl (C=O) groups excluding carboxylic acids is 1. The Morgan fingerprint density at radius 3 is 2.77 bits per heavy atom. The van der Waals surface area contributed by atoms with Gasteiger partial charge >= 0.3 is 0 Å². The van der Waals surface area contributed by atoms with E-state index in [1.807, 2.05) is 0 Å². The lowest BCUT2D eigenvalue weighted by molar-refractivity contribution is -0.128. The van der Waals surface area contributed by atoms with Crippen LogP contribution in [0.4, 0.5) is 0 Å². The molecule has 0 spiro atoms. The second-order valence-electron chi connectivity index (χ2n) is 4.82. The molecule has 0 radical (unpaired) electrons. The molecule has 0 aromatic heterocycles. The van der Waals surface area contributed by atoms with E-state index in [1.54, 1.807) is 0 Å². The van der Waals surface area contributed by atoms with Crippen LogP contribution in [0.2, 0.25) is 0 Å². The third-order valence-electron chi connectivity index (χ3n) is 4.10. The minimum atomic E-state index is -0.134. The lowest BCUT2D eigenvalue weighted by Gasteiger charge is -2.56. The highest BCUT2D eigenvalue weighted by Crippen LogP contribution is 2.59. The topological polar surface area (TPSA) is 53.5 Å². The second-order valence-corrected chi connectivity index (χ2v) is 4.82. The van der Waals surface area contributed by atoms with Gasteiger partial charge in [-0.15, -0.1) is 0 Å². The van der Waals surface area contributed by atoms with Crippen LogP contribution in [0.25, 0.3) is 5.53 Å². The van der Waals surface area contributed by atoms with Crippen LogP contribution in [-0.2, 0) is 4.79 Å². The third-order valence-corrected chi connectivity index (χ3v) is 4.10. The number of fused-ring (bicyclic) bond motifs is 2. The molecular formula is C10H14N2O. The number of carbonyl (C=O) groups is 1. The molecule has 3 nitrogen and oxygen atoms in total. The van der Waals surface area contributed by atoms with Crippen molar-refractivity contribution in [1.82, 2.24) is 0 Å². The highest BCUT2D eigenvalue weighted by Gasteiger charge is 2.59. The van der Waals surface area contributed by atoms with E-state index in [-0.39, 0.29) is 11.3 Å². The van der Waals surface area contributed by atoms with E-state index < -0.39 is 0 Å². The molecule has 3 aliphatic carbocycles. The fraction of sp³-hybridized carbons (Fsp3) is 0.800. The molecule has 3 fully saturated rings. The quantitative estimate of drug-likeness (QED) is 0.341. The van der Waals surface area contributed by atoms with Crippen LogP contribution in [0.3, 0.4) is 0 Å². The molecule has 0 aromatic rings. The van der Waals surface area contributed by atoms with Gasteiger partial charge in [-0.05, 0) is 23.7 Å². The zero-order valence-electron chi connectivity index (χ0n) is 8.03. The van der Waals surface area contributed by atoms with E-state index in [9.17, 15) is 4.79 Å². The van der Waals surface area contributed by atoms with Gasteiger partial charge in [0.25, 0.3) is 5.71 Å². The molecular weight excluding hydrogens is 164 g/mol. The lowest BCUT2D eigenvalue weighted by atomic mass is 9.45. The highest BCUT2D eigenvalue weighted by molar-refractivity contribution is 5.95. The van der Waals surface area contributed by atoms with Crippen LogP contribution >= 0.6 is 0 Å². The third kappa shape index (κ3) is 0.939. The summed E-state index contributed by atoms with van der Waals surface area (Å²) in [5, 5.41) is 0. The Labute approximate surface area is 77.8 Å². The average Bonchev–Trinajstić information content (AvgIpc) is 2.16. The van der Waals surface area contributed by atoms with Crippen molar-refractivity contribution in [2.24, 2.45) is 23.2 Å². The lowest BCUT2D eigenvalue weighted by Crippen LogP contribution is -2.56. The molecule has 70 valence electrons. The summed E-state index contributed by atoms with van der Waals surface area (Å²) in [4.78, 5) is 14.1. The molecule has 0 aliphatic heterocycles. The summed E-state index contributed by atoms with van der Waals surface area (Å²) in [6.45, 7) is 4.41. The standard InChI is InChI=1S/C10H14N2O/c1-10(2)6-3-8(10)7(5-13)9(4-6)12-11/h5-8H,3-4H2,1-2H3. The minimum Gasteiger partial charge on any atom is -0.362 e. The maximum Gasteiger partial charge on any atom is 0.279 e. The molecule has 3 unspecified atom stereocenters. The van der Waals surface area contributed by atoms with Gasteiger partial charge in [-0.1, -0.05) is 13.8 Å². The first kappa shape index (κ1) is 8.64. The van der Waals surface area contributed by atoms with Gasteiger partial charge in [0.1, 0.15) is 12.2 Å². The van der Waals surface area contributed by atoms with Crippen LogP contribution in [-0.4, -0.2) is 16.8 Å². The minimum absolute atomic E-state index is 0.134. The Hall–Kier alpha value is -0.950. The number of aldehydes is 1. The first-order valence-corrected chi connectivity index (χ1v) is 4.77. The summed E-state index contributed by atoms with van der Waals surface area (Å²) >= 11 is 0. The summed E-state index contributed by atoms with van der Waals surface area (Å²) < 4.78 is 0. The molecule has 0 amide bonds. The van der Waals surface area contributed by atoms with Crippen molar-refractivity contribution in [3.05, 3.63) is 5.53 Å². The summed E-state index contributed by atoms with van der Waals surface area (Å²) in [6, 6.07) is 0. The van der Waals surface area contributed by atoms with Crippen molar-refractivity contribution in [1.29, 1.82) is 0 Å². The molecule has 3 atom stereocenters. The summed E-state index contributed by atoms with van der Waals surface area (Å²) in [5.41, 5.74) is 9.68. The number of rotatable bonds is 1. The van der Waals surface area contributed by atoms with E-state index >= 15 is 0 Å². The highest BCUT2D eigenvalue weighted by atomic mass is 16.1. The predicted octanol–water partition coefficient (Wildman–Crippen LogP) is 1.54. The van der Waals surface area contributed by atoms with Crippen LogP contribution < -0.4 is 0 Å². The van der Waals surface area contributed by atoms with Crippen LogP contribution in [0, 0.1) is 23.2 Å². The first-order chi connectivity index (χ1) is 6.11. The van der Waals surface area contributed by atoms with E-state index in [0.29, 0.717) is 17.5 Å². The normalized spacial score (nSPS) is 40.5. The van der Waals surface area contributed by atoms with Crippen LogP contribution in [0.5, 0.6) is 0 Å². The molecule has 0 heterocycles. The van der Waals surface area contributed by atoms with Crippen molar-refractivity contribution in [3.63, 3.8) is 0 Å². The fourth-order valence-electron chi connectivity index (χ4n) is 2.91. The molecule has 3 rings (SSSR count). The Bertz CT molecular complexity index is 302. The van der Waals surface area contributed by atoms with Gasteiger partial charge in [-0.2, -0.15) is 4.79 Å². The summed E-state index contributed by atoms with van der Waals surface area (Å²) in [6.07, 6.45) is 2.86. The van der Waals surface area contributed by atoms with Crippen LogP contribution in [0.15, 0.2) is 0 Å². The molecule has 0 saturated heterocycles. The van der Waals surface area contributed by atoms with Crippen molar-refractivity contribution in [3.8, 4) is 0 Å². The molecule has 3 aliphatic rings. The average molecular weight is 178 g/mol. The Kier molecular flexibility index (Phi) is 1.67. The largest absolute Gasteiger partial charge is 0.362 e. The zero-order valence-corrected chi connectivity index (χ0v) is 8.03. The van der Waals surface area contributed by atoms with E-state index in [4.69, 9.17) is 5.53 Å². The van der Waals surface area contributed by atoms with Crippen molar-refractivity contribution >= 4 is 12.0 Å². The van der Waals surface area contributed by atoms with Crippen LogP contribution in [0.1, 0.15) is 26.7 Å². The second kappa shape index (κ2) is 2.52. The van der Waals surface area contributed by atoms with Gasteiger partial charge in [0.2, 0.25) is 0 Å². The molecule has 13 heavy (non-hydrogen) atoms. The van der Waals surface area contributed by atoms with Gasteiger partial charge in [-0.25, -0.2) is 0 Å². The summed E-state index contributed by atoms with van der Waals surface area (Å²) in [5.74, 6) is 0.874. The SMILES string of the molecule is CC1(C)C2CC(=[N+]=[N-])C(C=O)C1C2. The maximum atomic E-state index is 10.9. The number of nitrogens with zero attached hydrogens (tertiary/aromatic N) is 2. The van der Waals surface area contributed by atoms with Crippen molar-refractivity contribution in [2.75, 3.05) is 0 Å². The monoisotopic (exact) mass is 178 g/mol. The molecule has 2 bridgehead atoms. The molecule has 0 N–H and O–H groups in total. The van der Waals surface area contributed by atoms with Gasteiger partial charge < -0.3 is 10.3 Å². The van der Waals surface area contributed by atoms with Crippen molar-refractivity contribution < 1.29 is 9.58 Å². The number of hydrogen-bond acceptors (Lipinski definition) is 1. The summed E-state index contributed by atoms with van der Waals surface area (Å²) in [7, 11) is 0. The van der Waals surface area contributed by atoms with Gasteiger partial charge in [0.05, 0.1) is 0 Å². The van der Waals surface area contributed by atoms with Crippen molar-refractivity contribution in [2.45, 2.75) is 26.7 Å². The maximum absolute atomic E-state index is 10.9. The van der Waals surface area contributed by atoms with Gasteiger partial charge in [0.15, 0.2) is 0 Å². The predicted molar refractivity (Wildman–Crippen MR) is 48.2 cm³/mol.